The summed E-state index contributed by atoms with van der Waals surface area (Å²) in [7, 11) is -3.57. The molecule has 1 aliphatic heterocycles. The van der Waals surface area contributed by atoms with Crippen LogP contribution in [0.15, 0.2) is 40.9 Å². The first-order valence-corrected chi connectivity index (χ1v) is 5.55. The van der Waals surface area contributed by atoms with Crippen LogP contribution in [0.3, 0.4) is 0 Å². The monoisotopic (exact) mass is 227 g/mol. The zero-order valence-corrected chi connectivity index (χ0v) is 8.24. The molecule has 1 heterocycles. The van der Waals surface area contributed by atoms with E-state index in [1.807, 2.05) is 0 Å². The second-order valence-corrected chi connectivity index (χ2v) is 4.50. The Morgan fingerprint density at radius 3 is 2.73 bits per heavy atom. The summed E-state index contributed by atoms with van der Waals surface area (Å²) in [5, 5.41) is 0.481. The van der Waals surface area contributed by atoms with Gasteiger partial charge in [0.25, 0.3) is 9.84 Å². The summed E-state index contributed by atoms with van der Waals surface area (Å²) in [5.74, 6) is -0.405. The molecule has 1 aromatic rings. The molecule has 0 saturated heterocycles. The van der Waals surface area contributed by atoms with E-state index in [1.165, 1.54) is 18.2 Å². The van der Waals surface area contributed by atoms with Crippen molar-refractivity contribution >= 4 is 15.1 Å². The normalized spacial score (nSPS) is 17.5. The molecule has 0 radical (unpaired) electrons. The third-order valence-corrected chi connectivity index (χ3v) is 2.82. The molecule has 15 heavy (non-hydrogen) atoms. The Morgan fingerprint density at radius 2 is 2.13 bits per heavy atom. The lowest BCUT2D eigenvalue weighted by atomic mass is 10.3. The summed E-state index contributed by atoms with van der Waals surface area (Å²) in [5.41, 5.74) is 0. The van der Waals surface area contributed by atoms with E-state index < -0.39 is 20.9 Å². The highest BCUT2D eigenvalue weighted by Gasteiger charge is 2.22. The molecule has 1 aromatic carbocycles. The van der Waals surface area contributed by atoms with Gasteiger partial charge in [0, 0.05) is 12.3 Å². The topological polar surface area (TPSA) is 55.7 Å². The standard InChI is InChI=1S/C9H6FNO3S/c10-7-2-1-3-8(6-7)14-9-11-4-5-15(9,12)13/h1-6H. The molecular formula is C9H6FNO3S. The van der Waals surface area contributed by atoms with Crippen molar-refractivity contribution in [3.05, 3.63) is 41.7 Å². The fraction of sp³-hybridized carbons (Fsp3) is 0. The van der Waals surface area contributed by atoms with Gasteiger partial charge in [0.2, 0.25) is 0 Å². The minimum Gasteiger partial charge on any atom is -0.430 e. The second-order valence-electron chi connectivity index (χ2n) is 2.78. The van der Waals surface area contributed by atoms with Crippen molar-refractivity contribution in [3.63, 3.8) is 0 Å². The van der Waals surface area contributed by atoms with Crippen molar-refractivity contribution in [1.82, 2.24) is 0 Å². The predicted octanol–water partition coefficient (Wildman–Crippen LogP) is 1.46. The van der Waals surface area contributed by atoms with Gasteiger partial charge in [0.05, 0.1) is 5.41 Å². The van der Waals surface area contributed by atoms with Crippen molar-refractivity contribution in [2.24, 2.45) is 4.99 Å². The molecule has 0 amide bonds. The third-order valence-electron chi connectivity index (χ3n) is 1.66. The van der Waals surface area contributed by atoms with E-state index in [0.717, 1.165) is 17.7 Å². The number of ether oxygens (including phenoxy) is 1. The molecule has 6 heteroatoms. The van der Waals surface area contributed by atoms with Gasteiger partial charge in [0.15, 0.2) is 0 Å². The summed E-state index contributed by atoms with van der Waals surface area (Å²) >= 11 is 0. The highest BCUT2D eigenvalue weighted by molar-refractivity contribution is 8.08. The van der Waals surface area contributed by atoms with Crippen LogP contribution in [-0.2, 0) is 9.84 Å². The molecule has 78 valence electrons. The largest absolute Gasteiger partial charge is 0.430 e. The van der Waals surface area contributed by atoms with Crippen LogP contribution in [0, 0.1) is 5.82 Å². The summed E-state index contributed by atoms with van der Waals surface area (Å²) < 4.78 is 40.1. The van der Waals surface area contributed by atoms with Crippen LogP contribution in [-0.4, -0.2) is 13.6 Å². The highest BCUT2D eigenvalue weighted by atomic mass is 32.2. The number of rotatable bonds is 1. The van der Waals surface area contributed by atoms with E-state index >= 15 is 0 Å². The average Bonchev–Trinajstić information content (AvgIpc) is 2.46. The van der Waals surface area contributed by atoms with Crippen LogP contribution in [0.1, 0.15) is 0 Å². The van der Waals surface area contributed by atoms with Crippen LogP contribution in [0.25, 0.3) is 0 Å². The number of halogens is 1. The van der Waals surface area contributed by atoms with Gasteiger partial charge in [0.1, 0.15) is 11.6 Å². The molecule has 0 fully saturated rings. The number of sulfone groups is 1. The highest BCUT2D eigenvalue weighted by Crippen LogP contribution is 2.16. The molecule has 0 atom stereocenters. The van der Waals surface area contributed by atoms with Crippen LogP contribution in [0.2, 0.25) is 0 Å². The number of hydrogen-bond donors (Lipinski definition) is 0. The molecule has 4 nitrogen and oxygen atoms in total. The van der Waals surface area contributed by atoms with Crippen molar-refractivity contribution in [2.45, 2.75) is 0 Å². The van der Waals surface area contributed by atoms with Crippen LogP contribution in [0.4, 0.5) is 4.39 Å². The Morgan fingerprint density at radius 1 is 1.33 bits per heavy atom. The van der Waals surface area contributed by atoms with Gasteiger partial charge < -0.3 is 4.74 Å². The molecule has 1 aliphatic rings. The van der Waals surface area contributed by atoms with Gasteiger partial charge in [-0.15, -0.1) is 0 Å². The maximum Gasteiger partial charge on any atom is 0.319 e. The van der Waals surface area contributed by atoms with Gasteiger partial charge in [-0.3, -0.25) is 0 Å². The number of aliphatic imine (C=N–C) groups is 1. The Hall–Kier alpha value is -1.69. The molecule has 0 spiro atoms. The quantitative estimate of drug-likeness (QED) is 0.729. The first-order chi connectivity index (χ1) is 7.08. The predicted molar refractivity (Wildman–Crippen MR) is 52.5 cm³/mol. The van der Waals surface area contributed by atoms with Gasteiger partial charge in [-0.2, -0.15) is 0 Å². The van der Waals surface area contributed by atoms with E-state index in [0.29, 0.717) is 0 Å². The second kappa shape index (κ2) is 3.47. The lowest BCUT2D eigenvalue weighted by molar-refractivity contribution is 0.540. The number of nitrogens with zero attached hydrogens (tertiary/aromatic N) is 1. The minimum absolute atomic E-state index is 0.0982. The fourth-order valence-corrected chi connectivity index (χ4v) is 1.78. The lowest BCUT2D eigenvalue weighted by Crippen LogP contribution is -2.16. The number of hydrogen-bond acceptors (Lipinski definition) is 4. The third kappa shape index (κ3) is 2.04. The summed E-state index contributed by atoms with van der Waals surface area (Å²) in [6.45, 7) is 0. The number of benzene rings is 1. The van der Waals surface area contributed by atoms with E-state index in [-0.39, 0.29) is 5.75 Å². The van der Waals surface area contributed by atoms with Crippen LogP contribution in [0.5, 0.6) is 5.75 Å². The molecule has 0 bridgehead atoms. The average molecular weight is 227 g/mol. The molecule has 0 unspecified atom stereocenters. The van der Waals surface area contributed by atoms with Gasteiger partial charge in [-0.25, -0.2) is 17.8 Å². The zero-order valence-electron chi connectivity index (χ0n) is 7.42. The smallest absolute Gasteiger partial charge is 0.319 e. The lowest BCUT2D eigenvalue weighted by Gasteiger charge is -2.03. The van der Waals surface area contributed by atoms with Crippen LogP contribution < -0.4 is 4.74 Å². The summed E-state index contributed by atoms with van der Waals surface area (Å²) in [6.07, 6.45) is 1.12. The van der Waals surface area contributed by atoms with Crippen LogP contribution >= 0.6 is 0 Å². The molecule has 0 aliphatic carbocycles. The maximum atomic E-state index is 12.7. The van der Waals surface area contributed by atoms with Crippen molar-refractivity contribution < 1.29 is 17.5 Å². The maximum absolute atomic E-state index is 12.7. The van der Waals surface area contributed by atoms with Gasteiger partial charge >= 0.3 is 5.23 Å². The fourth-order valence-electron chi connectivity index (χ4n) is 1.02. The van der Waals surface area contributed by atoms with E-state index in [9.17, 15) is 12.8 Å². The summed E-state index contributed by atoms with van der Waals surface area (Å²) in [6, 6.07) is 5.17. The molecule has 0 aromatic heterocycles. The Bertz CT molecular complexity index is 548. The van der Waals surface area contributed by atoms with E-state index in [2.05, 4.69) is 4.99 Å². The van der Waals surface area contributed by atoms with Crippen molar-refractivity contribution in [3.8, 4) is 5.75 Å². The van der Waals surface area contributed by atoms with Crippen molar-refractivity contribution in [1.29, 1.82) is 0 Å². The Balaban J connectivity index is 2.25. The van der Waals surface area contributed by atoms with E-state index in [1.54, 1.807) is 0 Å². The molecule has 0 N–H and O–H groups in total. The molecule has 2 rings (SSSR count). The van der Waals surface area contributed by atoms with Gasteiger partial charge in [-0.05, 0) is 12.1 Å². The van der Waals surface area contributed by atoms with Gasteiger partial charge in [-0.1, -0.05) is 6.07 Å². The SMILES string of the molecule is O=S1(=O)C=CN=C1Oc1cccc(F)c1. The first kappa shape index (κ1) is 9.85. The Labute approximate surface area is 85.6 Å². The molecule has 0 saturated carbocycles. The molecular weight excluding hydrogens is 221 g/mol. The van der Waals surface area contributed by atoms with E-state index in [4.69, 9.17) is 4.74 Å². The zero-order chi connectivity index (χ0) is 10.9. The summed E-state index contributed by atoms with van der Waals surface area (Å²) in [4.78, 5) is 3.52. The Kier molecular flexibility index (Phi) is 2.28. The first-order valence-electron chi connectivity index (χ1n) is 4.01. The van der Waals surface area contributed by atoms with Crippen molar-refractivity contribution in [2.75, 3.05) is 0 Å². The minimum atomic E-state index is -3.57.